The zero-order valence-electron chi connectivity index (χ0n) is 19.1. The van der Waals surface area contributed by atoms with E-state index >= 15 is 0 Å². The molecule has 2 aromatic rings. The van der Waals surface area contributed by atoms with Gasteiger partial charge in [0.2, 0.25) is 21.8 Å². The number of carbonyl (C=O) groups is 2. The molecule has 1 N–H and O–H groups in total. The molecule has 1 atom stereocenters. The molecule has 1 unspecified atom stereocenters. The number of likely N-dealkylation sites (N-methyl/N-ethyl adjacent to an activating group) is 1. The van der Waals surface area contributed by atoms with Crippen LogP contribution < -0.4 is 14.4 Å². The number of hydrogen-bond acceptors (Lipinski definition) is 5. The number of nitrogens with zero attached hydrogens (tertiary/aromatic N) is 2. The molecular formula is C22H26F3N3O5S. The molecule has 0 spiro atoms. The molecule has 0 aliphatic heterocycles. The van der Waals surface area contributed by atoms with Gasteiger partial charge >= 0.3 is 6.18 Å². The van der Waals surface area contributed by atoms with Crippen molar-refractivity contribution in [3.8, 4) is 5.75 Å². The van der Waals surface area contributed by atoms with Crippen LogP contribution in [-0.2, 0) is 32.3 Å². The highest BCUT2D eigenvalue weighted by Crippen LogP contribution is 2.32. The Morgan fingerprint density at radius 1 is 1.12 bits per heavy atom. The van der Waals surface area contributed by atoms with Gasteiger partial charge in [0, 0.05) is 13.6 Å². The number of ether oxygens (including phenoxy) is 1. The van der Waals surface area contributed by atoms with Crippen LogP contribution in [0.4, 0.5) is 18.9 Å². The zero-order chi connectivity index (χ0) is 25.7. The Morgan fingerprint density at radius 2 is 1.74 bits per heavy atom. The third-order valence-corrected chi connectivity index (χ3v) is 6.21. The summed E-state index contributed by atoms with van der Waals surface area (Å²) < 4.78 is 70.0. The average molecular weight is 502 g/mol. The third-order valence-electron chi connectivity index (χ3n) is 5.07. The van der Waals surface area contributed by atoms with E-state index in [9.17, 15) is 31.2 Å². The van der Waals surface area contributed by atoms with Crippen LogP contribution in [0.15, 0.2) is 48.5 Å². The predicted octanol–water partition coefficient (Wildman–Crippen LogP) is 2.64. The van der Waals surface area contributed by atoms with Crippen LogP contribution in [0.2, 0.25) is 0 Å². The molecule has 2 amide bonds. The summed E-state index contributed by atoms with van der Waals surface area (Å²) in [5.41, 5.74) is -0.738. The van der Waals surface area contributed by atoms with Gasteiger partial charge in [-0.15, -0.1) is 0 Å². The van der Waals surface area contributed by atoms with E-state index in [0.717, 1.165) is 23.3 Å². The highest BCUT2D eigenvalue weighted by molar-refractivity contribution is 7.92. The molecular weight excluding hydrogens is 475 g/mol. The summed E-state index contributed by atoms with van der Waals surface area (Å²) in [6, 6.07) is 9.38. The van der Waals surface area contributed by atoms with Gasteiger partial charge in [0.15, 0.2) is 0 Å². The van der Waals surface area contributed by atoms with E-state index in [0.29, 0.717) is 21.7 Å². The smallest absolute Gasteiger partial charge is 0.416 e. The second kappa shape index (κ2) is 10.8. The third kappa shape index (κ3) is 6.86. The molecule has 0 bridgehead atoms. The molecule has 0 aliphatic carbocycles. The van der Waals surface area contributed by atoms with Crippen LogP contribution in [0, 0.1) is 0 Å². The summed E-state index contributed by atoms with van der Waals surface area (Å²) in [6.45, 7) is 0.630. The Labute approximate surface area is 196 Å². The molecule has 2 aromatic carbocycles. The maximum absolute atomic E-state index is 13.2. The number of methoxy groups -OCH3 is 1. The van der Waals surface area contributed by atoms with Crippen molar-refractivity contribution in [3.05, 3.63) is 59.7 Å². The molecule has 0 saturated heterocycles. The van der Waals surface area contributed by atoms with Crippen LogP contribution in [0.5, 0.6) is 5.75 Å². The van der Waals surface area contributed by atoms with Crippen molar-refractivity contribution in [1.29, 1.82) is 0 Å². The first-order valence-corrected chi connectivity index (χ1v) is 11.9. The minimum Gasteiger partial charge on any atom is -0.497 e. The van der Waals surface area contributed by atoms with E-state index in [1.165, 1.54) is 27.1 Å². The number of alkyl halides is 3. The first-order valence-electron chi connectivity index (χ1n) is 10.1. The van der Waals surface area contributed by atoms with Crippen molar-refractivity contribution in [1.82, 2.24) is 10.2 Å². The fraction of sp³-hybridized carbons (Fsp3) is 0.364. The first kappa shape index (κ1) is 27.0. The molecule has 186 valence electrons. The highest BCUT2D eigenvalue weighted by Gasteiger charge is 2.33. The van der Waals surface area contributed by atoms with Gasteiger partial charge in [-0.05, 0) is 42.8 Å². The van der Waals surface area contributed by atoms with E-state index < -0.39 is 46.2 Å². The van der Waals surface area contributed by atoms with Crippen molar-refractivity contribution >= 4 is 27.5 Å². The van der Waals surface area contributed by atoms with Crippen molar-refractivity contribution in [3.63, 3.8) is 0 Å². The number of sulfonamides is 1. The second-order valence-electron chi connectivity index (χ2n) is 7.48. The minimum absolute atomic E-state index is 0.0440. The minimum atomic E-state index is -4.70. The summed E-state index contributed by atoms with van der Waals surface area (Å²) in [5.74, 6) is -0.685. The van der Waals surface area contributed by atoms with Gasteiger partial charge in [0.25, 0.3) is 0 Å². The number of rotatable bonds is 9. The maximum atomic E-state index is 13.2. The Balaban J connectivity index is 2.42. The molecule has 0 aliphatic rings. The number of nitrogens with one attached hydrogen (secondary N) is 1. The number of amides is 2. The molecule has 0 heterocycles. The largest absolute Gasteiger partial charge is 0.497 e. The monoisotopic (exact) mass is 501 g/mol. The topological polar surface area (TPSA) is 96.0 Å². The number of hydrogen-bond donors (Lipinski definition) is 1. The van der Waals surface area contributed by atoms with Gasteiger partial charge in [0.1, 0.15) is 18.3 Å². The van der Waals surface area contributed by atoms with Gasteiger partial charge in [-0.3, -0.25) is 13.9 Å². The van der Waals surface area contributed by atoms with E-state index in [4.69, 9.17) is 4.74 Å². The Kier molecular flexibility index (Phi) is 8.54. The van der Waals surface area contributed by atoms with Crippen LogP contribution >= 0.6 is 0 Å². The lowest BCUT2D eigenvalue weighted by Crippen LogP contribution is -2.50. The molecule has 2 rings (SSSR count). The fourth-order valence-electron chi connectivity index (χ4n) is 3.17. The van der Waals surface area contributed by atoms with E-state index in [1.54, 1.807) is 24.3 Å². The lowest BCUT2D eigenvalue weighted by atomic mass is 10.1. The van der Waals surface area contributed by atoms with Crippen molar-refractivity contribution in [2.45, 2.75) is 25.7 Å². The van der Waals surface area contributed by atoms with Gasteiger partial charge in [-0.25, -0.2) is 8.42 Å². The molecule has 34 heavy (non-hydrogen) atoms. The van der Waals surface area contributed by atoms with E-state index in [-0.39, 0.29) is 12.2 Å². The number of halogens is 3. The van der Waals surface area contributed by atoms with Crippen LogP contribution in [0.1, 0.15) is 18.1 Å². The fourth-order valence-corrected chi connectivity index (χ4v) is 4.01. The summed E-state index contributed by atoms with van der Waals surface area (Å²) in [7, 11) is -1.26. The Hall–Kier alpha value is -3.28. The highest BCUT2D eigenvalue weighted by atomic mass is 32.2. The summed E-state index contributed by atoms with van der Waals surface area (Å²) in [4.78, 5) is 26.7. The van der Waals surface area contributed by atoms with E-state index in [1.807, 2.05) is 0 Å². The first-order chi connectivity index (χ1) is 15.8. The van der Waals surface area contributed by atoms with Gasteiger partial charge in [-0.2, -0.15) is 13.2 Å². The maximum Gasteiger partial charge on any atom is 0.416 e. The second-order valence-corrected chi connectivity index (χ2v) is 9.38. The molecule has 12 heteroatoms. The van der Waals surface area contributed by atoms with Crippen LogP contribution in [0.25, 0.3) is 0 Å². The molecule has 0 saturated carbocycles. The SMILES string of the molecule is CNC(=O)C(C)N(Cc1ccc(OC)cc1)C(=O)CN(c1cccc(C(F)(F)F)c1)S(C)(=O)=O. The summed E-state index contributed by atoms with van der Waals surface area (Å²) >= 11 is 0. The summed E-state index contributed by atoms with van der Waals surface area (Å²) in [5, 5.41) is 2.43. The lowest BCUT2D eigenvalue weighted by Gasteiger charge is -2.31. The standard InChI is InChI=1S/C22H26F3N3O5S/c1-15(21(30)26-2)27(13-16-8-10-19(33-3)11-9-16)20(29)14-28(34(4,31)32)18-7-5-6-17(12-18)22(23,24)25/h5-12,15H,13-14H2,1-4H3,(H,26,30). The van der Waals surface area contributed by atoms with Crippen LogP contribution in [0.3, 0.4) is 0 Å². The Bertz CT molecular complexity index is 1120. The normalized spacial score (nSPS) is 12.6. The van der Waals surface area contributed by atoms with Gasteiger partial charge in [0.05, 0.1) is 24.6 Å². The lowest BCUT2D eigenvalue weighted by molar-refractivity contribution is -0.139. The molecule has 0 aromatic heterocycles. The molecule has 0 fully saturated rings. The van der Waals surface area contributed by atoms with Crippen LogP contribution in [-0.4, -0.2) is 58.1 Å². The number of benzene rings is 2. The number of carbonyl (C=O) groups excluding carboxylic acids is 2. The summed E-state index contributed by atoms with van der Waals surface area (Å²) in [6.07, 6.45) is -3.91. The quantitative estimate of drug-likeness (QED) is 0.570. The van der Waals surface area contributed by atoms with Gasteiger partial charge < -0.3 is 15.0 Å². The molecule has 0 radical (unpaired) electrons. The predicted molar refractivity (Wildman–Crippen MR) is 121 cm³/mol. The van der Waals surface area contributed by atoms with E-state index in [2.05, 4.69) is 5.32 Å². The van der Waals surface area contributed by atoms with Gasteiger partial charge in [-0.1, -0.05) is 18.2 Å². The van der Waals surface area contributed by atoms with Crippen molar-refractivity contribution < 1.29 is 35.9 Å². The zero-order valence-corrected chi connectivity index (χ0v) is 19.9. The Morgan fingerprint density at radius 3 is 2.24 bits per heavy atom. The molecule has 8 nitrogen and oxygen atoms in total. The average Bonchev–Trinajstić information content (AvgIpc) is 2.79. The van der Waals surface area contributed by atoms with Crippen molar-refractivity contribution in [2.75, 3.05) is 31.3 Å². The number of anilines is 1. The van der Waals surface area contributed by atoms with Crippen molar-refractivity contribution in [2.24, 2.45) is 0 Å².